The van der Waals surface area contributed by atoms with E-state index in [2.05, 4.69) is 6.92 Å². The molecule has 0 unspecified atom stereocenters. The van der Waals surface area contributed by atoms with Gasteiger partial charge in [0.1, 0.15) is 0 Å². The smallest absolute Gasteiger partial charge is 0.200 e. The maximum absolute atomic E-state index is 14.8. The third-order valence-corrected chi connectivity index (χ3v) is 8.79. The predicted molar refractivity (Wildman–Crippen MR) is 132 cm³/mol. The highest BCUT2D eigenvalue weighted by atomic mass is 31.2. The van der Waals surface area contributed by atoms with Gasteiger partial charge < -0.3 is 14.5 Å². The van der Waals surface area contributed by atoms with Crippen molar-refractivity contribution < 1.29 is 23.3 Å². The van der Waals surface area contributed by atoms with Crippen molar-refractivity contribution in [1.29, 1.82) is 0 Å². The van der Waals surface area contributed by atoms with Gasteiger partial charge in [0.25, 0.3) is 0 Å². The largest absolute Gasteiger partial charge is 0.490 e. The van der Waals surface area contributed by atoms with Gasteiger partial charge in [0, 0.05) is 6.16 Å². The number of benzene rings is 1. The first-order valence-corrected chi connectivity index (χ1v) is 14.7. The average Bonchev–Trinajstić information content (AvgIpc) is 2.82. The molecule has 33 heavy (non-hydrogen) atoms. The molecule has 2 fully saturated rings. The van der Waals surface area contributed by atoms with Gasteiger partial charge in [0.15, 0.2) is 19.9 Å². The maximum atomic E-state index is 14.8. The monoisotopic (exact) mass is 484 g/mol. The fraction of sp³-hybridized carbons (Fsp3) is 0.778. The quantitative estimate of drug-likeness (QED) is 0.233. The molecular weight excluding hydrogens is 441 g/mol. The third kappa shape index (κ3) is 8.15. The van der Waals surface area contributed by atoms with Gasteiger partial charge in [-0.2, -0.15) is 4.39 Å². The van der Waals surface area contributed by atoms with Gasteiger partial charge in [-0.15, -0.1) is 0 Å². The fourth-order valence-corrected chi connectivity index (χ4v) is 6.55. The number of halogens is 2. The number of unbranched alkanes of at least 4 members (excludes halogenated alkanes) is 3. The second-order valence-electron chi connectivity index (χ2n) is 10.3. The molecule has 1 aromatic rings. The van der Waals surface area contributed by atoms with E-state index in [1.54, 1.807) is 12.1 Å². The second-order valence-corrected chi connectivity index (χ2v) is 11.5. The van der Waals surface area contributed by atoms with E-state index in [4.69, 9.17) is 14.5 Å². The third-order valence-electron chi connectivity index (χ3n) is 8.07. The molecule has 1 aromatic carbocycles. The molecule has 188 valence electrons. The molecule has 2 aliphatic rings. The summed E-state index contributed by atoms with van der Waals surface area (Å²) in [5, 5.41) is 0. The summed E-state index contributed by atoms with van der Waals surface area (Å²) >= 11 is 0. The van der Waals surface area contributed by atoms with Gasteiger partial charge in [0.2, 0.25) is 5.82 Å². The Balaban J connectivity index is 1.43. The highest BCUT2D eigenvalue weighted by molar-refractivity contribution is 7.45. The lowest BCUT2D eigenvalue weighted by molar-refractivity contribution is 0.155. The molecule has 3 rings (SSSR count). The summed E-state index contributed by atoms with van der Waals surface area (Å²) in [5.41, 5.74) is 0.504. The molecule has 0 amide bonds. The maximum Gasteiger partial charge on any atom is 0.200 e. The summed E-state index contributed by atoms with van der Waals surface area (Å²) in [4.78, 5) is 17.8. The van der Waals surface area contributed by atoms with E-state index in [1.807, 2.05) is 0 Å². The summed E-state index contributed by atoms with van der Waals surface area (Å²) in [7, 11) is -1.90. The van der Waals surface area contributed by atoms with Crippen molar-refractivity contribution in [2.75, 3.05) is 12.8 Å². The van der Waals surface area contributed by atoms with Crippen molar-refractivity contribution in [3.8, 4) is 5.75 Å². The Kier molecular flexibility index (Phi) is 11.3. The molecule has 3 nitrogen and oxygen atoms in total. The summed E-state index contributed by atoms with van der Waals surface area (Å²) < 4.78 is 34.8. The zero-order valence-electron chi connectivity index (χ0n) is 20.3. The van der Waals surface area contributed by atoms with E-state index >= 15 is 0 Å². The van der Waals surface area contributed by atoms with Gasteiger partial charge in [-0.25, -0.2) is 4.39 Å². The lowest BCUT2D eigenvalue weighted by atomic mass is 9.68. The Morgan fingerprint density at radius 1 is 0.848 bits per heavy atom. The van der Waals surface area contributed by atoms with E-state index in [0.717, 1.165) is 43.4 Å². The Bertz CT molecular complexity index is 699. The Morgan fingerprint density at radius 2 is 1.52 bits per heavy atom. The lowest BCUT2D eigenvalue weighted by Gasteiger charge is -2.38. The lowest BCUT2D eigenvalue weighted by Crippen LogP contribution is -2.25. The van der Waals surface area contributed by atoms with Crippen LogP contribution in [-0.2, 0) is 0 Å². The minimum Gasteiger partial charge on any atom is -0.490 e. The van der Waals surface area contributed by atoms with E-state index in [1.165, 1.54) is 51.4 Å². The van der Waals surface area contributed by atoms with Crippen LogP contribution in [0.1, 0.15) is 108 Å². The topological polar surface area (TPSA) is 49.7 Å². The van der Waals surface area contributed by atoms with Crippen molar-refractivity contribution in [2.24, 2.45) is 17.8 Å². The summed E-state index contributed by atoms with van der Waals surface area (Å²) in [6.45, 7) is 2.51. The number of ether oxygens (including phenoxy) is 1. The van der Waals surface area contributed by atoms with Crippen LogP contribution in [0.4, 0.5) is 8.78 Å². The van der Waals surface area contributed by atoms with Gasteiger partial charge in [0.05, 0.1) is 6.61 Å². The summed E-state index contributed by atoms with van der Waals surface area (Å²) in [6.07, 6.45) is 16.6. The van der Waals surface area contributed by atoms with Crippen molar-refractivity contribution >= 4 is 8.38 Å². The van der Waals surface area contributed by atoms with E-state index < -0.39 is 20.0 Å². The van der Waals surface area contributed by atoms with Crippen LogP contribution < -0.4 is 4.74 Å². The summed E-state index contributed by atoms with van der Waals surface area (Å²) in [6, 6.07) is 3.27. The molecule has 2 aliphatic carbocycles. The molecule has 0 aromatic heterocycles. The molecule has 0 atom stereocenters. The molecule has 0 bridgehead atoms. The number of rotatable bonds is 12. The molecule has 0 spiro atoms. The standard InChI is InChI=1S/C27H43F2O3P/c1-2-3-4-7-20-8-10-21(11-9-20)22-12-14-23(15-13-22)24-16-17-25(27(29)26(24)28)32-18-5-6-19-33(30)31/h16-17,20-23,30-31H,2-15,18-19H2,1H3. The molecule has 0 aliphatic heterocycles. The minimum atomic E-state index is -1.90. The first-order valence-electron chi connectivity index (χ1n) is 13.3. The minimum absolute atomic E-state index is 0.0455. The Hall–Kier alpha value is -0.770. The molecule has 0 radical (unpaired) electrons. The van der Waals surface area contributed by atoms with Gasteiger partial charge in [-0.1, -0.05) is 51.5 Å². The van der Waals surface area contributed by atoms with Crippen molar-refractivity contribution in [2.45, 2.75) is 103 Å². The van der Waals surface area contributed by atoms with Gasteiger partial charge in [-0.3, -0.25) is 0 Å². The zero-order chi connectivity index (χ0) is 23.6. The molecular formula is C27H43F2O3P. The second kappa shape index (κ2) is 14.0. The Morgan fingerprint density at radius 3 is 2.15 bits per heavy atom. The SMILES string of the molecule is CCCCCC1CCC(C2CCC(c3ccc(OCCCCP(O)O)c(F)c3F)CC2)CC1. The molecule has 0 heterocycles. The highest BCUT2D eigenvalue weighted by Gasteiger charge is 2.32. The van der Waals surface area contributed by atoms with E-state index in [0.29, 0.717) is 24.6 Å². The van der Waals surface area contributed by atoms with E-state index in [9.17, 15) is 8.78 Å². The fourth-order valence-electron chi connectivity index (χ4n) is 6.04. The van der Waals surface area contributed by atoms with E-state index in [-0.39, 0.29) is 18.3 Å². The van der Waals surface area contributed by atoms with Crippen LogP contribution in [0.25, 0.3) is 0 Å². The highest BCUT2D eigenvalue weighted by Crippen LogP contribution is 2.45. The Labute approximate surface area is 200 Å². The van der Waals surface area contributed by atoms with Crippen molar-refractivity contribution in [1.82, 2.24) is 0 Å². The number of hydrogen-bond acceptors (Lipinski definition) is 3. The first kappa shape index (κ1) is 26.8. The first-order chi connectivity index (χ1) is 16.0. The average molecular weight is 485 g/mol. The van der Waals surface area contributed by atoms with Crippen molar-refractivity contribution in [3.63, 3.8) is 0 Å². The summed E-state index contributed by atoms with van der Waals surface area (Å²) in [5.74, 6) is 0.940. The van der Waals surface area contributed by atoms with Crippen LogP contribution >= 0.6 is 8.38 Å². The van der Waals surface area contributed by atoms with Crippen molar-refractivity contribution in [3.05, 3.63) is 29.3 Å². The van der Waals surface area contributed by atoms with Gasteiger partial charge >= 0.3 is 0 Å². The van der Waals surface area contributed by atoms with Crippen LogP contribution in [0.15, 0.2) is 12.1 Å². The van der Waals surface area contributed by atoms with Crippen LogP contribution in [-0.4, -0.2) is 22.6 Å². The van der Waals surface area contributed by atoms with Gasteiger partial charge in [-0.05, 0) is 86.7 Å². The zero-order valence-corrected chi connectivity index (χ0v) is 21.2. The van der Waals surface area contributed by atoms with Crippen LogP contribution in [0.2, 0.25) is 0 Å². The van der Waals surface area contributed by atoms with Crippen LogP contribution in [0.3, 0.4) is 0 Å². The predicted octanol–water partition coefficient (Wildman–Crippen LogP) is 8.08. The number of hydrogen-bond donors (Lipinski definition) is 2. The van der Waals surface area contributed by atoms with Crippen LogP contribution in [0, 0.1) is 29.4 Å². The van der Waals surface area contributed by atoms with Crippen LogP contribution in [0.5, 0.6) is 5.75 Å². The normalized spacial score (nSPS) is 26.0. The molecule has 0 saturated heterocycles. The molecule has 6 heteroatoms. The molecule has 2 saturated carbocycles. The molecule has 2 N–H and O–H groups in total.